The average Bonchev–Trinajstić information content (AvgIpc) is 2.64. The summed E-state index contributed by atoms with van der Waals surface area (Å²) in [5, 5.41) is 14.0. The molecule has 0 radical (unpaired) electrons. The maximum absolute atomic E-state index is 10.6. The van der Waals surface area contributed by atoms with Gasteiger partial charge in [-0.3, -0.25) is 9.89 Å². The van der Waals surface area contributed by atoms with E-state index in [4.69, 9.17) is 4.99 Å². The first-order valence-electron chi connectivity index (χ1n) is 10.1. The van der Waals surface area contributed by atoms with Gasteiger partial charge in [-0.25, -0.2) is 0 Å². The molecule has 5 nitrogen and oxygen atoms in total. The van der Waals surface area contributed by atoms with E-state index in [9.17, 15) is 5.11 Å². The molecule has 0 aliphatic carbocycles. The zero-order valence-corrected chi connectivity index (χ0v) is 17.8. The van der Waals surface area contributed by atoms with Crippen molar-refractivity contribution in [3.05, 3.63) is 35.4 Å². The van der Waals surface area contributed by atoms with E-state index in [-0.39, 0.29) is 4.75 Å². The quantitative estimate of drug-likeness (QED) is 0.596. The largest absolute Gasteiger partial charge is 0.390 e. The normalized spacial score (nSPS) is 21.6. The minimum atomic E-state index is -0.434. The molecule has 0 aromatic heterocycles. The number of aliphatic imine (C=N–C) groups is 1. The van der Waals surface area contributed by atoms with E-state index >= 15 is 0 Å². The second-order valence-corrected chi connectivity index (χ2v) is 9.93. The van der Waals surface area contributed by atoms with Gasteiger partial charge in [0.05, 0.1) is 12.6 Å². The number of thioether (sulfide) groups is 1. The van der Waals surface area contributed by atoms with Crippen molar-refractivity contribution in [2.24, 2.45) is 4.99 Å². The summed E-state index contributed by atoms with van der Waals surface area (Å²) in [5.74, 6) is 2.06. The van der Waals surface area contributed by atoms with Crippen LogP contribution < -0.4 is 5.32 Å². The molecule has 1 aromatic rings. The Morgan fingerprint density at radius 2 is 2.07 bits per heavy atom. The van der Waals surface area contributed by atoms with Crippen LogP contribution in [0.15, 0.2) is 29.3 Å². The molecule has 1 atom stereocenters. The Kier molecular flexibility index (Phi) is 7.06. The van der Waals surface area contributed by atoms with Crippen molar-refractivity contribution in [1.82, 2.24) is 15.1 Å². The van der Waals surface area contributed by atoms with Crippen molar-refractivity contribution >= 4 is 17.7 Å². The van der Waals surface area contributed by atoms with Gasteiger partial charge in [-0.15, -0.1) is 0 Å². The topological polar surface area (TPSA) is 51.1 Å². The summed E-state index contributed by atoms with van der Waals surface area (Å²) in [6, 6.07) is 8.63. The highest BCUT2D eigenvalue weighted by Gasteiger charge is 2.28. The van der Waals surface area contributed by atoms with Crippen LogP contribution in [0.25, 0.3) is 0 Å². The van der Waals surface area contributed by atoms with Gasteiger partial charge in [0.1, 0.15) is 0 Å². The molecule has 1 aromatic carbocycles. The van der Waals surface area contributed by atoms with E-state index < -0.39 is 6.10 Å². The predicted octanol–water partition coefficient (Wildman–Crippen LogP) is 2.20. The van der Waals surface area contributed by atoms with Gasteiger partial charge in [-0.1, -0.05) is 24.3 Å². The van der Waals surface area contributed by atoms with Gasteiger partial charge >= 0.3 is 0 Å². The Morgan fingerprint density at radius 3 is 2.81 bits per heavy atom. The number of nitrogens with one attached hydrogen (secondary N) is 1. The van der Waals surface area contributed by atoms with E-state index in [1.807, 2.05) is 11.8 Å². The van der Waals surface area contributed by atoms with Gasteiger partial charge in [0.2, 0.25) is 0 Å². The first kappa shape index (κ1) is 20.5. The zero-order valence-electron chi connectivity index (χ0n) is 16.9. The molecule has 27 heavy (non-hydrogen) atoms. The number of hydrogen-bond donors (Lipinski definition) is 2. The fourth-order valence-electron chi connectivity index (χ4n) is 3.88. The molecule has 2 heterocycles. The van der Waals surface area contributed by atoms with Crippen molar-refractivity contribution in [3.63, 3.8) is 0 Å². The van der Waals surface area contributed by atoms with Gasteiger partial charge in [-0.05, 0) is 38.3 Å². The van der Waals surface area contributed by atoms with Crippen molar-refractivity contribution in [3.8, 4) is 0 Å². The molecule has 0 bridgehead atoms. The number of benzene rings is 1. The fourth-order valence-corrected chi connectivity index (χ4v) is 4.99. The Labute approximate surface area is 168 Å². The van der Waals surface area contributed by atoms with Crippen LogP contribution >= 0.6 is 11.8 Å². The lowest BCUT2D eigenvalue weighted by Crippen LogP contribution is -2.51. The molecule has 1 saturated heterocycles. The SMILES string of the molecule is CCNC(=NCC(O)CN1CCc2ccccc2C1)N1CCSC(C)(C)C1. The average molecular weight is 391 g/mol. The Hall–Kier alpha value is -1.24. The maximum atomic E-state index is 10.6. The van der Waals surface area contributed by atoms with Crippen LogP contribution in [0.4, 0.5) is 0 Å². The summed E-state index contributed by atoms with van der Waals surface area (Å²) in [7, 11) is 0. The van der Waals surface area contributed by atoms with E-state index in [1.165, 1.54) is 11.1 Å². The van der Waals surface area contributed by atoms with Crippen LogP contribution in [-0.4, -0.2) is 76.7 Å². The van der Waals surface area contributed by atoms with Crippen LogP contribution in [-0.2, 0) is 13.0 Å². The van der Waals surface area contributed by atoms with Gasteiger partial charge < -0.3 is 15.3 Å². The Bertz CT molecular complexity index is 649. The molecule has 0 spiro atoms. The van der Waals surface area contributed by atoms with Crippen molar-refractivity contribution in [2.45, 2.75) is 44.6 Å². The summed E-state index contributed by atoms with van der Waals surface area (Å²) in [6.45, 7) is 12.6. The Morgan fingerprint density at radius 1 is 1.30 bits per heavy atom. The van der Waals surface area contributed by atoms with E-state index in [0.717, 1.165) is 50.9 Å². The zero-order chi connectivity index (χ0) is 19.3. The third-order valence-electron chi connectivity index (χ3n) is 5.19. The fraction of sp³-hybridized carbons (Fsp3) is 0.667. The number of aliphatic hydroxyl groups excluding tert-OH is 1. The minimum Gasteiger partial charge on any atom is -0.390 e. The van der Waals surface area contributed by atoms with Crippen LogP contribution in [0.1, 0.15) is 31.9 Å². The van der Waals surface area contributed by atoms with Gasteiger partial charge in [-0.2, -0.15) is 11.8 Å². The lowest BCUT2D eigenvalue weighted by molar-refractivity contribution is 0.111. The molecule has 1 unspecified atom stereocenters. The molecule has 0 saturated carbocycles. The molecule has 0 amide bonds. The number of fused-ring (bicyclic) bond motifs is 1. The van der Waals surface area contributed by atoms with Crippen LogP contribution in [0, 0.1) is 0 Å². The molecule has 1 fully saturated rings. The molecule has 3 rings (SSSR count). The van der Waals surface area contributed by atoms with Gasteiger partial charge in [0.15, 0.2) is 5.96 Å². The third kappa shape index (κ3) is 5.87. The second-order valence-electron chi connectivity index (χ2n) is 8.13. The number of hydrogen-bond acceptors (Lipinski definition) is 4. The number of aliphatic hydroxyl groups is 1. The van der Waals surface area contributed by atoms with E-state index in [0.29, 0.717) is 13.1 Å². The number of β-amino-alcohol motifs (C(OH)–C–C–N with tert-alkyl or cyclic N) is 1. The van der Waals surface area contributed by atoms with Crippen LogP contribution in [0.3, 0.4) is 0 Å². The van der Waals surface area contributed by atoms with Crippen LogP contribution in [0.2, 0.25) is 0 Å². The lowest BCUT2D eigenvalue weighted by Gasteiger charge is -2.39. The highest BCUT2D eigenvalue weighted by molar-refractivity contribution is 8.00. The molecular formula is C21H34N4OS. The molecule has 2 aliphatic rings. The van der Waals surface area contributed by atoms with E-state index in [1.54, 1.807) is 0 Å². The highest BCUT2D eigenvalue weighted by atomic mass is 32.2. The number of rotatable bonds is 5. The lowest BCUT2D eigenvalue weighted by atomic mass is 10.00. The summed E-state index contributed by atoms with van der Waals surface area (Å²) in [5.41, 5.74) is 2.84. The number of nitrogens with zero attached hydrogens (tertiary/aromatic N) is 3. The molecular weight excluding hydrogens is 356 g/mol. The minimum absolute atomic E-state index is 0.244. The summed E-state index contributed by atoms with van der Waals surface area (Å²) in [4.78, 5) is 9.44. The van der Waals surface area contributed by atoms with Crippen molar-refractivity contribution < 1.29 is 5.11 Å². The van der Waals surface area contributed by atoms with E-state index in [2.05, 4.69) is 60.2 Å². The van der Waals surface area contributed by atoms with Gasteiger partial charge in [0, 0.05) is 49.8 Å². The second kappa shape index (κ2) is 9.30. The highest BCUT2D eigenvalue weighted by Crippen LogP contribution is 2.29. The monoisotopic (exact) mass is 390 g/mol. The smallest absolute Gasteiger partial charge is 0.194 e. The number of guanidine groups is 1. The molecule has 2 aliphatic heterocycles. The van der Waals surface area contributed by atoms with Crippen LogP contribution in [0.5, 0.6) is 0 Å². The molecule has 150 valence electrons. The molecule has 6 heteroatoms. The maximum Gasteiger partial charge on any atom is 0.194 e. The summed E-state index contributed by atoms with van der Waals surface area (Å²) in [6.07, 6.45) is 0.631. The standard InChI is InChI=1S/C21H34N4OS/c1-4-22-20(25-11-12-27-21(2,3)16-25)23-13-19(26)15-24-10-9-17-7-5-6-8-18(17)14-24/h5-8,19,26H,4,9-16H2,1-3H3,(H,22,23). The first-order valence-corrected chi connectivity index (χ1v) is 11.1. The first-order chi connectivity index (χ1) is 13.0. The Balaban J connectivity index is 1.55. The molecule has 2 N–H and O–H groups in total. The van der Waals surface area contributed by atoms with Crippen molar-refractivity contribution in [2.75, 3.05) is 45.0 Å². The predicted molar refractivity (Wildman–Crippen MR) is 116 cm³/mol. The van der Waals surface area contributed by atoms with Crippen molar-refractivity contribution in [1.29, 1.82) is 0 Å². The summed E-state index contributed by atoms with van der Waals surface area (Å²) < 4.78 is 0.244. The summed E-state index contributed by atoms with van der Waals surface area (Å²) >= 11 is 2.02. The van der Waals surface area contributed by atoms with Gasteiger partial charge in [0.25, 0.3) is 0 Å². The third-order valence-corrected chi connectivity index (χ3v) is 6.49.